The van der Waals surface area contributed by atoms with Gasteiger partial charge in [0, 0.05) is 63.1 Å². The second-order valence-corrected chi connectivity index (χ2v) is 7.08. The van der Waals surface area contributed by atoms with Crippen LogP contribution < -0.4 is 20.3 Å². The number of piperazine rings is 1. The van der Waals surface area contributed by atoms with Crippen LogP contribution in [-0.2, 0) is 9.59 Å². The number of anilines is 3. The van der Waals surface area contributed by atoms with Crippen molar-refractivity contribution in [3.8, 4) is 5.75 Å². The quantitative estimate of drug-likeness (QED) is 0.753. The third-order valence-electron chi connectivity index (χ3n) is 4.95. The van der Waals surface area contributed by atoms with Gasteiger partial charge >= 0.3 is 0 Å². The molecule has 7 nitrogen and oxygen atoms in total. The smallest absolute Gasteiger partial charge is 0.225 e. The molecule has 0 aromatic heterocycles. The van der Waals surface area contributed by atoms with Gasteiger partial charge in [-0.15, -0.1) is 0 Å². The van der Waals surface area contributed by atoms with Crippen molar-refractivity contribution >= 4 is 28.9 Å². The molecular weight excluding hydrogens is 368 g/mol. The highest BCUT2D eigenvalue weighted by molar-refractivity contribution is 5.92. The molecule has 1 saturated heterocycles. The average molecular weight is 396 g/mol. The van der Waals surface area contributed by atoms with Crippen LogP contribution in [0.3, 0.4) is 0 Å². The molecule has 0 aliphatic carbocycles. The number of hydrogen-bond acceptors (Lipinski definition) is 5. The first-order valence-electron chi connectivity index (χ1n) is 9.82. The second kappa shape index (κ2) is 9.93. The summed E-state index contributed by atoms with van der Waals surface area (Å²) in [5.41, 5.74) is 2.64. The molecule has 0 bridgehead atoms. The van der Waals surface area contributed by atoms with E-state index in [2.05, 4.69) is 32.6 Å². The molecule has 7 heteroatoms. The van der Waals surface area contributed by atoms with Crippen LogP contribution in [0.1, 0.15) is 13.3 Å². The Balaban J connectivity index is 1.39. The first-order valence-corrected chi connectivity index (χ1v) is 9.82. The van der Waals surface area contributed by atoms with Gasteiger partial charge in [-0.05, 0) is 48.5 Å². The highest BCUT2D eigenvalue weighted by atomic mass is 16.5. The van der Waals surface area contributed by atoms with Gasteiger partial charge in [0.1, 0.15) is 5.75 Å². The summed E-state index contributed by atoms with van der Waals surface area (Å²) in [6.07, 6.45) is 0.454. The highest BCUT2D eigenvalue weighted by Gasteiger charge is 2.18. The van der Waals surface area contributed by atoms with Crippen LogP contribution in [0.15, 0.2) is 48.5 Å². The molecule has 2 aromatic carbocycles. The van der Waals surface area contributed by atoms with Crippen molar-refractivity contribution in [3.63, 3.8) is 0 Å². The van der Waals surface area contributed by atoms with Crippen LogP contribution in [-0.4, -0.2) is 56.5 Å². The van der Waals surface area contributed by atoms with E-state index in [0.717, 1.165) is 44.2 Å². The van der Waals surface area contributed by atoms with E-state index in [0.29, 0.717) is 12.1 Å². The van der Waals surface area contributed by atoms with Crippen molar-refractivity contribution < 1.29 is 14.3 Å². The summed E-state index contributed by atoms with van der Waals surface area (Å²) in [5.74, 6) is 0.742. The zero-order chi connectivity index (χ0) is 20.6. The SMILES string of the molecule is COc1ccc(N2CCN(CCC(=O)Nc3ccc(NC(C)=O)cc3)CC2)cc1. The highest BCUT2D eigenvalue weighted by Crippen LogP contribution is 2.20. The summed E-state index contributed by atoms with van der Waals surface area (Å²) >= 11 is 0. The molecule has 2 amide bonds. The maximum atomic E-state index is 12.2. The first kappa shape index (κ1) is 20.7. The number of ether oxygens (including phenoxy) is 1. The van der Waals surface area contributed by atoms with E-state index in [4.69, 9.17) is 4.74 Å². The maximum absolute atomic E-state index is 12.2. The second-order valence-electron chi connectivity index (χ2n) is 7.08. The van der Waals surface area contributed by atoms with Crippen molar-refractivity contribution in [2.45, 2.75) is 13.3 Å². The van der Waals surface area contributed by atoms with Crippen molar-refractivity contribution in [1.82, 2.24) is 4.90 Å². The van der Waals surface area contributed by atoms with Gasteiger partial charge in [-0.1, -0.05) is 0 Å². The Morgan fingerprint density at radius 3 is 2.03 bits per heavy atom. The van der Waals surface area contributed by atoms with Gasteiger partial charge in [0.15, 0.2) is 0 Å². The number of rotatable bonds is 7. The number of benzene rings is 2. The van der Waals surface area contributed by atoms with E-state index in [9.17, 15) is 9.59 Å². The van der Waals surface area contributed by atoms with E-state index < -0.39 is 0 Å². The minimum Gasteiger partial charge on any atom is -0.497 e. The zero-order valence-corrected chi connectivity index (χ0v) is 17.0. The number of nitrogens with one attached hydrogen (secondary N) is 2. The van der Waals surface area contributed by atoms with Gasteiger partial charge in [-0.25, -0.2) is 0 Å². The van der Waals surface area contributed by atoms with Crippen LogP contribution in [0.25, 0.3) is 0 Å². The van der Waals surface area contributed by atoms with Crippen molar-refractivity contribution in [3.05, 3.63) is 48.5 Å². The van der Waals surface area contributed by atoms with Gasteiger partial charge in [-0.3, -0.25) is 14.5 Å². The van der Waals surface area contributed by atoms with E-state index in [1.54, 1.807) is 31.4 Å². The van der Waals surface area contributed by atoms with Gasteiger partial charge in [0.05, 0.1) is 7.11 Å². The third kappa shape index (κ3) is 6.22. The fourth-order valence-electron chi connectivity index (χ4n) is 3.35. The summed E-state index contributed by atoms with van der Waals surface area (Å²) in [7, 11) is 1.67. The Hall–Kier alpha value is -3.06. The molecule has 1 aliphatic heterocycles. The summed E-state index contributed by atoms with van der Waals surface area (Å²) in [6, 6.07) is 15.3. The first-order chi connectivity index (χ1) is 14.0. The summed E-state index contributed by atoms with van der Waals surface area (Å²) in [4.78, 5) is 28.0. The number of hydrogen-bond donors (Lipinski definition) is 2. The molecule has 0 spiro atoms. The fraction of sp³-hybridized carbons (Fsp3) is 0.364. The Bertz CT molecular complexity index is 813. The fourth-order valence-corrected chi connectivity index (χ4v) is 3.35. The van der Waals surface area contributed by atoms with Crippen molar-refractivity contribution in [2.75, 3.05) is 55.4 Å². The number of carbonyl (C=O) groups is 2. The molecule has 1 fully saturated rings. The standard InChI is InChI=1S/C22H28N4O3/c1-17(27)23-18-3-5-19(6-4-18)24-22(28)11-12-25-13-15-26(16-14-25)20-7-9-21(29-2)10-8-20/h3-10H,11-16H2,1-2H3,(H,23,27)(H,24,28). The maximum Gasteiger partial charge on any atom is 0.225 e. The topological polar surface area (TPSA) is 73.9 Å². The predicted molar refractivity (Wildman–Crippen MR) is 116 cm³/mol. The van der Waals surface area contributed by atoms with E-state index in [1.807, 2.05) is 12.1 Å². The number of amides is 2. The van der Waals surface area contributed by atoms with E-state index in [-0.39, 0.29) is 11.8 Å². The molecule has 0 radical (unpaired) electrons. The van der Waals surface area contributed by atoms with Crippen LogP contribution >= 0.6 is 0 Å². The molecule has 29 heavy (non-hydrogen) atoms. The summed E-state index contributed by atoms with van der Waals surface area (Å²) in [5, 5.41) is 5.61. The van der Waals surface area contributed by atoms with Crippen LogP contribution in [0.5, 0.6) is 5.75 Å². The molecule has 0 atom stereocenters. The lowest BCUT2D eigenvalue weighted by Gasteiger charge is -2.36. The van der Waals surface area contributed by atoms with E-state index >= 15 is 0 Å². The lowest BCUT2D eigenvalue weighted by Crippen LogP contribution is -2.47. The summed E-state index contributed by atoms with van der Waals surface area (Å²) in [6.45, 7) is 5.96. The molecule has 0 saturated carbocycles. The van der Waals surface area contributed by atoms with Crippen molar-refractivity contribution in [1.29, 1.82) is 0 Å². The number of carbonyl (C=O) groups excluding carboxylic acids is 2. The van der Waals surface area contributed by atoms with Gasteiger partial charge in [0.2, 0.25) is 11.8 Å². The van der Waals surface area contributed by atoms with Gasteiger partial charge in [0.25, 0.3) is 0 Å². The Kier molecular flexibility index (Phi) is 7.08. The molecule has 2 aromatic rings. The molecule has 3 rings (SSSR count). The molecular formula is C22H28N4O3. The van der Waals surface area contributed by atoms with Gasteiger partial charge in [-0.2, -0.15) is 0 Å². The average Bonchev–Trinajstić information content (AvgIpc) is 2.74. The monoisotopic (exact) mass is 396 g/mol. The van der Waals surface area contributed by atoms with Crippen LogP contribution in [0.4, 0.5) is 17.1 Å². The van der Waals surface area contributed by atoms with Crippen LogP contribution in [0.2, 0.25) is 0 Å². The minimum atomic E-state index is -0.117. The third-order valence-corrected chi connectivity index (χ3v) is 4.95. The zero-order valence-electron chi connectivity index (χ0n) is 17.0. The summed E-state index contributed by atoms with van der Waals surface area (Å²) < 4.78 is 5.21. The molecule has 1 aliphatic rings. The largest absolute Gasteiger partial charge is 0.497 e. The Morgan fingerprint density at radius 2 is 1.48 bits per heavy atom. The molecule has 154 valence electrons. The predicted octanol–water partition coefficient (Wildman–Crippen LogP) is 2.80. The lowest BCUT2D eigenvalue weighted by atomic mass is 10.2. The normalized spacial score (nSPS) is 14.3. The number of methoxy groups -OCH3 is 1. The molecule has 0 unspecified atom stereocenters. The van der Waals surface area contributed by atoms with Gasteiger partial charge < -0.3 is 20.3 Å². The Labute approximate surface area is 171 Å². The minimum absolute atomic E-state index is 0.00476. The lowest BCUT2D eigenvalue weighted by molar-refractivity contribution is -0.116. The molecule has 2 N–H and O–H groups in total. The van der Waals surface area contributed by atoms with E-state index in [1.165, 1.54) is 12.6 Å². The van der Waals surface area contributed by atoms with Crippen molar-refractivity contribution in [2.24, 2.45) is 0 Å². The number of nitrogens with zero attached hydrogens (tertiary/aromatic N) is 2. The molecule has 1 heterocycles. The van der Waals surface area contributed by atoms with Crippen LogP contribution in [0, 0.1) is 0 Å². The Morgan fingerprint density at radius 1 is 0.897 bits per heavy atom.